The first-order valence-electron chi connectivity index (χ1n) is 26.0. The molecule has 0 bridgehead atoms. The second-order valence-corrected chi connectivity index (χ2v) is 26.0. The molecule has 0 saturated carbocycles. The third kappa shape index (κ3) is 12.6. The predicted octanol–water partition coefficient (Wildman–Crippen LogP) is 10.8. The molecule has 3 aliphatic heterocycles. The van der Waals surface area contributed by atoms with Crippen molar-refractivity contribution in [2.75, 3.05) is 36.9 Å². The van der Waals surface area contributed by atoms with Gasteiger partial charge >= 0.3 is 18.0 Å². The number of nitrogens with zero attached hydrogens (tertiary/aromatic N) is 4. The van der Waals surface area contributed by atoms with Gasteiger partial charge in [0.1, 0.15) is 27.9 Å². The first-order chi connectivity index (χ1) is 36.3. The summed E-state index contributed by atoms with van der Waals surface area (Å²) in [5.74, 6) is -1.90. The highest BCUT2D eigenvalue weighted by atomic mass is 35.5. The number of hydrogen-bond donors (Lipinski definition) is 3. The number of aromatic nitrogens is 2. The lowest BCUT2D eigenvalue weighted by molar-refractivity contribution is -0.157. The molecule has 6 heterocycles. The average molecular weight is 1110 g/mol. The normalized spacial score (nSPS) is 18.7. The number of nitrogens with one attached hydrogen (secondary N) is 3. The van der Waals surface area contributed by atoms with Crippen LogP contribution in [-0.4, -0.2) is 106 Å². The summed E-state index contributed by atoms with van der Waals surface area (Å²) in [5, 5.41) is 11.2. The molecular formula is C57H66ClN7O10S2. The molecule has 2 atom stereocenters. The zero-order valence-electron chi connectivity index (χ0n) is 44.7. The smallest absolute Gasteiger partial charge is 0.352 e. The third-order valence-electron chi connectivity index (χ3n) is 14.0. The van der Waals surface area contributed by atoms with Gasteiger partial charge in [-0.25, -0.2) is 27.8 Å². The summed E-state index contributed by atoms with van der Waals surface area (Å²) in [7, 11) is -3.81. The van der Waals surface area contributed by atoms with Crippen molar-refractivity contribution in [2.24, 2.45) is 0 Å². The maximum absolute atomic E-state index is 14.2. The van der Waals surface area contributed by atoms with Crippen molar-refractivity contribution >= 4 is 96.1 Å². The lowest BCUT2D eigenvalue weighted by atomic mass is 9.89. The Balaban J connectivity index is 0.805. The van der Waals surface area contributed by atoms with Crippen molar-refractivity contribution in [3.63, 3.8) is 0 Å². The van der Waals surface area contributed by atoms with E-state index >= 15 is 0 Å². The van der Waals surface area contributed by atoms with Crippen LogP contribution >= 0.6 is 22.9 Å². The van der Waals surface area contributed by atoms with E-state index in [1.807, 2.05) is 73.1 Å². The van der Waals surface area contributed by atoms with Crippen LogP contribution in [0.4, 0.5) is 16.2 Å². The number of anilines is 2. The molecule has 6 aromatic rings. The number of likely N-dealkylation sites (tertiary alicyclic amines) is 1. The van der Waals surface area contributed by atoms with Crippen LogP contribution in [0.1, 0.15) is 127 Å². The monoisotopic (exact) mass is 1110 g/mol. The number of hydrogen-bond acceptors (Lipinski definition) is 13. The quantitative estimate of drug-likeness (QED) is 0.0729. The van der Waals surface area contributed by atoms with E-state index in [0.717, 1.165) is 51.7 Å². The molecule has 20 heteroatoms. The molecule has 4 amide bonds. The van der Waals surface area contributed by atoms with Crippen LogP contribution in [0.5, 0.6) is 5.75 Å². The standard InChI is InChI=1S/C57H66ClN7O10S2/c1-55(2,3)74-46(67)32-73-48-47(58)49(76-50(48)53(69)75-56(4,5)6)36-14-12-16-39(28-36)60-40-23-26-64(57(7,8)30-40)77(71,72)33-34-13-11-15-38(27-34)61-54(70)63-24-21-35(22-25-63)37-29-42-41-17-9-10-18-43(41)65(51(42)59-31-37)44-19-20-45(66)62-52(44)68/h9-18,27-29,31,35,40,44,60H,19-26,30,32-33H2,1-8H3,(H,61,70)(H,62,66,68)/t40-,44?/m0/s1. The van der Waals surface area contributed by atoms with Crippen molar-refractivity contribution in [1.82, 2.24) is 24.1 Å². The molecule has 77 heavy (non-hydrogen) atoms. The highest BCUT2D eigenvalue weighted by Gasteiger charge is 2.42. The number of para-hydroxylation sites is 1. The first kappa shape index (κ1) is 55.2. The van der Waals surface area contributed by atoms with E-state index in [2.05, 4.69) is 22.0 Å². The number of sulfonamides is 1. The van der Waals surface area contributed by atoms with E-state index in [0.29, 0.717) is 59.7 Å². The molecule has 3 aromatic heterocycles. The Morgan fingerprint density at radius 2 is 1.57 bits per heavy atom. The van der Waals surface area contributed by atoms with Crippen LogP contribution in [0, 0.1) is 0 Å². The fraction of sp³-hybridized carbons (Fsp3) is 0.439. The molecule has 1 unspecified atom stereocenters. The van der Waals surface area contributed by atoms with Gasteiger partial charge in [0.25, 0.3) is 0 Å². The van der Waals surface area contributed by atoms with Gasteiger partial charge in [-0.1, -0.05) is 54.1 Å². The van der Waals surface area contributed by atoms with Gasteiger partial charge in [-0.15, -0.1) is 11.3 Å². The summed E-state index contributed by atoms with van der Waals surface area (Å²) >= 11 is 8.03. The number of ether oxygens (including phenoxy) is 3. The van der Waals surface area contributed by atoms with Crippen molar-refractivity contribution in [3.8, 4) is 16.2 Å². The fourth-order valence-electron chi connectivity index (χ4n) is 10.7. The fourth-order valence-corrected chi connectivity index (χ4v) is 14.1. The van der Waals surface area contributed by atoms with Gasteiger partial charge in [-0.3, -0.25) is 14.9 Å². The number of halogens is 1. The van der Waals surface area contributed by atoms with Gasteiger partial charge in [0.2, 0.25) is 21.8 Å². The van der Waals surface area contributed by atoms with Gasteiger partial charge < -0.3 is 34.3 Å². The predicted molar refractivity (Wildman–Crippen MR) is 299 cm³/mol. The molecule has 3 aromatic carbocycles. The number of urea groups is 1. The van der Waals surface area contributed by atoms with Crippen LogP contribution in [0.25, 0.3) is 32.4 Å². The maximum atomic E-state index is 14.2. The van der Waals surface area contributed by atoms with Crippen LogP contribution < -0.4 is 20.7 Å². The second kappa shape index (κ2) is 21.7. The van der Waals surface area contributed by atoms with Crippen LogP contribution in [-0.2, 0) is 39.6 Å². The topological polar surface area (TPSA) is 208 Å². The third-order valence-corrected chi connectivity index (χ3v) is 17.7. The van der Waals surface area contributed by atoms with Crippen molar-refractivity contribution in [3.05, 3.63) is 106 Å². The number of rotatable bonds is 13. The zero-order valence-corrected chi connectivity index (χ0v) is 47.0. The van der Waals surface area contributed by atoms with Crippen molar-refractivity contribution in [1.29, 1.82) is 0 Å². The molecule has 0 radical (unpaired) electrons. The minimum atomic E-state index is -3.81. The highest BCUT2D eigenvalue weighted by molar-refractivity contribution is 7.88. The Morgan fingerprint density at radius 1 is 0.857 bits per heavy atom. The van der Waals surface area contributed by atoms with E-state index in [9.17, 15) is 32.4 Å². The minimum absolute atomic E-state index is 0.0340. The SMILES string of the molecule is CC(C)(C)OC(=O)COc1c(C(=O)OC(C)(C)C)sc(-c2cccc(N[C@H]3CCN(S(=O)(=O)Cc4cccc(NC(=O)N5CCC(c6cnc7c(c6)c6ccccc6n7C6CCC(=O)NC6=O)CC5)c4)C(C)(C)C3)c2)c1Cl. The molecule has 0 spiro atoms. The van der Waals surface area contributed by atoms with Crippen molar-refractivity contribution in [2.45, 2.75) is 134 Å². The largest absolute Gasteiger partial charge is 0.479 e. The van der Waals surface area contributed by atoms with E-state index < -0.39 is 51.4 Å². The van der Waals surface area contributed by atoms with Crippen LogP contribution in [0.15, 0.2) is 85.1 Å². The van der Waals surface area contributed by atoms with E-state index in [4.69, 9.17) is 30.8 Å². The molecule has 3 saturated heterocycles. The number of carbonyl (C=O) groups excluding carboxylic acids is 5. The summed E-state index contributed by atoms with van der Waals surface area (Å²) < 4.78 is 48.9. The van der Waals surface area contributed by atoms with Gasteiger partial charge in [0.05, 0.1) is 16.1 Å². The summed E-state index contributed by atoms with van der Waals surface area (Å²) in [6, 6.07) is 23.7. The molecule has 3 fully saturated rings. The molecular weight excluding hydrogens is 1040 g/mol. The second-order valence-electron chi connectivity index (χ2n) is 22.7. The number of amides is 4. The van der Waals surface area contributed by atoms with Gasteiger partial charge in [-0.05, 0) is 147 Å². The van der Waals surface area contributed by atoms with Gasteiger partial charge in [0, 0.05) is 66.0 Å². The molecule has 3 N–H and O–H groups in total. The number of carbonyl (C=O) groups is 5. The first-order valence-corrected chi connectivity index (χ1v) is 28.8. The summed E-state index contributed by atoms with van der Waals surface area (Å²) in [4.78, 5) is 71.9. The Hall–Kier alpha value is -6.54. The van der Waals surface area contributed by atoms with E-state index in [1.165, 1.54) is 0 Å². The maximum Gasteiger partial charge on any atom is 0.352 e. The number of pyridine rings is 1. The molecule has 408 valence electrons. The number of piperidine rings is 3. The van der Waals surface area contributed by atoms with Crippen LogP contribution in [0.3, 0.4) is 0 Å². The number of thiophene rings is 1. The number of esters is 2. The lowest BCUT2D eigenvalue weighted by Gasteiger charge is -2.45. The van der Waals surface area contributed by atoms with Gasteiger partial charge in [0.15, 0.2) is 17.2 Å². The highest BCUT2D eigenvalue weighted by Crippen LogP contribution is 2.47. The average Bonchev–Trinajstić information content (AvgIpc) is 4.01. The minimum Gasteiger partial charge on any atom is -0.479 e. The Kier molecular flexibility index (Phi) is 15.6. The molecule has 9 rings (SSSR count). The Labute approximate surface area is 458 Å². The van der Waals surface area contributed by atoms with Gasteiger partial charge in [-0.2, -0.15) is 4.31 Å². The number of imide groups is 1. The molecule has 17 nitrogen and oxygen atoms in total. The lowest BCUT2D eigenvalue weighted by Crippen LogP contribution is -2.55. The summed E-state index contributed by atoms with van der Waals surface area (Å²) in [6.07, 6.45) is 5.02. The number of fused-ring (bicyclic) bond motifs is 3. The zero-order chi connectivity index (χ0) is 55.2. The Bertz CT molecular complexity index is 3390. The summed E-state index contributed by atoms with van der Waals surface area (Å²) in [6.45, 7) is 15.2. The van der Waals surface area contributed by atoms with E-state index in [1.54, 1.807) is 75.0 Å². The van der Waals surface area contributed by atoms with Crippen molar-refractivity contribution < 1.29 is 46.6 Å². The van der Waals surface area contributed by atoms with E-state index in [-0.39, 0.29) is 64.2 Å². The number of benzene rings is 3. The Morgan fingerprint density at radius 3 is 2.29 bits per heavy atom. The summed E-state index contributed by atoms with van der Waals surface area (Å²) in [5.41, 5.74) is 2.88. The van der Waals surface area contributed by atoms with Crippen LogP contribution in [0.2, 0.25) is 5.02 Å². The molecule has 0 aliphatic carbocycles. The molecule has 3 aliphatic rings.